The smallest absolute Gasteiger partial charge is 0.00679 e. The minimum atomic E-state index is 0.724. The Kier molecular flexibility index (Phi) is 7.37. The second-order valence-electron chi connectivity index (χ2n) is 7.21. The van der Waals surface area contributed by atoms with Gasteiger partial charge in [-0.2, -0.15) is 0 Å². The summed E-state index contributed by atoms with van der Waals surface area (Å²) in [6, 6.07) is 0.724. The van der Waals surface area contributed by atoms with Crippen LogP contribution in [-0.4, -0.2) is 37.1 Å². The van der Waals surface area contributed by atoms with Crippen LogP contribution < -0.4 is 5.32 Å². The van der Waals surface area contributed by atoms with Crippen molar-refractivity contribution in [2.75, 3.05) is 26.2 Å². The van der Waals surface area contributed by atoms with Crippen molar-refractivity contribution in [2.24, 2.45) is 11.8 Å². The Balaban J connectivity index is 1.56. The van der Waals surface area contributed by atoms with E-state index in [0.717, 1.165) is 17.9 Å². The zero-order chi connectivity index (χ0) is 14.2. The molecular formula is C18H36N2. The molecule has 20 heavy (non-hydrogen) atoms. The summed E-state index contributed by atoms with van der Waals surface area (Å²) < 4.78 is 0. The van der Waals surface area contributed by atoms with E-state index in [9.17, 15) is 0 Å². The first-order valence-corrected chi connectivity index (χ1v) is 9.25. The standard InChI is InChI=1S/C18H36N2/c1-3-13-20-14-10-18(11-15-20)16(2)19-12-9-17-7-5-4-6-8-17/h16-19H,3-15H2,1-2H3. The molecule has 1 aliphatic carbocycles. The molecule has 1 heterocycles. The molecule has 1 aliphatic heterocycles. The number of nitrogens with one attached hydrogen (secondary N) is 1. The first kappa shape index (κ1) is 16.3. The molecule has 1 unspecified atom stereocenters. The van der Waals surface area contributed by atoms with E-state index in [4.69, 9.17) is 0 Å². The fraction of sp³-hybridized carbons (Fsp3) is 1.00. The Hall–Kier alpha value is -0.0800. The summed E-state index contributed by atoms with van der Waals surface area (Å²) in [7, 11) is 0. The van der Waals surface area contributed by atoms with E-state index in [1.165, 1.54) is 84.0 Å². The van der Waals surface area contributed by atoms with E-state index in [0.29, 0.717) is 0 Å². The monoisotopic (exact) mass is 280 g/mol. The third kappa shape index (κ3) is 5.37. The van der Waals surface area contributed by atoms with Gasteiger partial charge in [-0.1, -0.05) is 39.0 Å². The maximum Gasteiger partial charge on any atom is 0.00679 e. The second-order valence-corrected chi connectivity index (χ2v) is 7.21. The first-order chi connectivity index (χ1) is 9.79. The Bertz CT molecular complexity index is 240. The van der Waals surface area contributed by atoms with E-state index in [2.05, 4.69) is 24.1 Å². The van der Waals surface area contributed by atoms with E-state index >= 15 is 0 Å². The minimum Gasteiger partial charge on any atom is -0.314 e. The molecule has 1 saturated carbocycles. The van der Waals surface area contributed by atoms with E-state index < -0.39 is 0 Å². The maximum absolute atomic E-state index is 3.83. The van der Waals surface area contributed by atoms with Crippen molar-refractivity contribution in [1.82, 2.24) is 10.2 Å². The van der Waals surface area contributed by atoms with E-state index in [-0.39, 0.29) is 0 Å². The van der Waals surface area contributed by atoms with Gasteiger partial charge < -0.3 is 10.2 Å². The molecule has 0 aromatic rings. The van der Waals surface area contributed by atoms with E-state index in [1.54, 1.807) is 0 Å². The predicted molar refractivity (Wildman–Crippen MR) is 88.1 cm³/mol. The van der Waals surface area contributed by atoms with Gasteiger partial charge in [0, 0.05) is 6.04 Å². The predicted octanol–water partition coefficient (Wildman–Crippen LogP) is 4.06. The quantitative estimate of drug-likeness (QED) is 0.756. The highest BCUT2D eigenvalue weighted by molar-refractivity contribution is 4.80. The molecule has 0 bridgehead atoms. The molecule has 1 N–H and O–H groups in total. The molecule has 1 saturated heterocycles. The highest BCUT2D eigenvalue weighted by Gasteiger charge is 2.23. The zero-order valence-corrected chi connectivity index (χ0v) is 13.9. The topological polar surface area (TPSA) is 15.3 Å². The van der Waals surface area contributed by atoms with Crippen molar-refractivity contribution in [1.29, 1.82) is 0 Å². The average Bonchev–Trinajstić information content (AvgIpc) is 2.49. The summed E-state index contributed by atoms with van der Waals surface area (Å²) in [5.74, 6) is 1.93. The highest BCUT2D eigenvalue weighted by Crippen LogP contribution is 2.26. The number of rotatable bonds is 7. The fourth-order valence-electron chi connectivity index (χ4n) is 4.15. The van der Waals surface area contributed by atoms with Gasteiger partial charge >= 0.3 is 0 Å². The van der Waals surface area contributed by atoms with Crippen LogP contribution in [0, 0.1) is 11.8 Å². The first-order valence-electron chi connectivity index (χ1n) is 9.25. The largest absolute Gasteiger partial charge is 0.314 e. The summed E-state index contributed by atoms with van der Waals surface area (Å²) in [4.78, 5) is 2.64. The number of nitrogens with zero attached hydrogens (tertiary/aromatic N) is 1. The van der Waals surface area contributed by atoms with Crippen LogP contribution in [0.4, 0.5) is 0 Å². The maximum atomic E-state index is 3.83. The summed E-state index contributed by atoms with van der Waals surface area (Å²) in [6.07, 6.45) is 13.0. The fourth-order valence-corrected chi connectivity index (χ4v) is 4.15. The van der Waals surface area contributed by atoms with Crippen LogP contribution in [0.3, 0.4) is 0 Å². The lowest BCUT2D eigenvalue weighted by molar-refractivity contribution is 0.161. The van der Waals surface area contributed by atoms with Gasteiger partial charge in [-0.25, -0.2) is 0 Å². The molecule has 2 nitrogen and oxygen atoms in total. The molecule has 118 valence electrons. The third-order valence-corrected chi connectivity index (χ3v) is 5.62. The zero-order valence-electron chi connectivity index (χ0n) is 13.9. The average molecular weight is 280 g/mol. The van der Waals surface area contributed by atoms with Crippen LogP contribution in [0.5, 0.6) is 0 Å². The van der Waals surface area contributed by atoms with Gasteiger partial charge in [0.15, 0.2) is 0 Å². The lowest BCUT2D eigenvalue weighted by atomic mass is 9.86. The Morgan fingerprint density at radius 1 is 1.05 bits per heavy atom. The van der Waals surface area contributed by atoms with Gasteiger partial charge in [0.1, 0.15) is 0 Å². The number of hydrogen-bond donors (Lipinski definition) is 1. The minimum absolute atomic E-state index is 0.724. The van der Waals surface area contributed by atoms with Crippen molar-refractivity contribution in [3.8, 4) is 0 Å². The lowest BCUT2D eigenvalue weighted by Gasteiger charge is -2.35. The van der Waals surface area contributed by atoms with Gasteiger partial charge in [0.25, 0.3) is 0 Å². The Labute approximate surface area is 126 Å². The van der Waals surface area contributed by atoms with Gasteiger partial charge in [0.2, 0.25) is 0 Å². The molecule has 1 atom stereocenters. The molecule has 2 fully saturated rings. The van der Waals surface area contributed by atoms with Crippen molar-refractivity contribution in [3.63, 3.8) is 0 Å². The summed E-state index contributed by atoms with van der Waals surface area (Å²) in [5.41, 5.74) is 0. The second kappa shape index (κ2) is 9.04. The van der Waals surface area contributed by atoms with Crippen LogP contribution >= 0.6 is 0 Å². The summed E-state index contributed by atoms with van der Waals surface area (Å²) in [6.45, 7) is 9.92. The molecular weight excluding hydrogens is 244 g/mol. The molecule has 2 rings (SSSR count). The normalized spacial score (nSPS) is 24.9. The van der Waals surface area contributed by atoms with Crippen LogP contribution in [0.2, 0.25) is 0 Å². The lowest BCUT2D eigenvalue weighted by Crippen LogP contribution is -2.42. The molecule has 2 heteroatoms. The van der Waals surface area contributed by atoms with E-state index in [1.807, 2.05) is 0 Å². The van der Waals surface area contributed by atoms with Crippen LogP contribution in [0.1, 0.15) is 71.6 Å². The van der Waals surface area contributed by atoms with Gasteiger partial charge in [0.05, 0.1) is 0 Å². The molecule has 0 aromatic heterocycles. The number of piperidine rings is 1. The van der Waals surface area contributed by atoms with Crippen molar-refractivity contribution < 1.29 is 0 Å². The Morgan fingerprint density at radius 3 is 2.40 bits per heavy atom. The molecule has 0 aromatic carbocycles. The summed E-state index contributed by atoms with van der Waals surface area (Å²) >= 11 is 0. The number of likely N-dealkylation sites (tertiary alicyclic amines) is 1. The SMILES string of the molecule is CCCN1CCC(C(C)NCCC2CCCCC2)CC1. The van der Waals surface area contributed by atoms with Crippen LogP contribution in [0.25, 0.3) is 0 Å². The highest BCUT2D eigenvalue weighted by atomic mass is 15.1. The van der Waals surface area contributed by atoms with Gasteiger partial charge in [-0.15, -0.1) is 0 Å². The molecule has 0 amide bonds. The molecule has 0 radical (unpaired) electrons. The number of hydrogen-bond acceptors (Lipinski definition) is 2. The van der Waals surface area contributed by atoms with Crippen LogP contribution in [0.15, 0.2) is 0 Å². The van der Waals surface area contributed by atoms with Crippen molar-refractivity contribution in [3.05, 3.63) is 0 Å². The van der Waals surface area contributed by atoms with Crippen LogP contribution in [-0.2, 0) is 0 Å². The van der Waals surface area contributed by atoms with Crippen molar-refractivity contribution in [2.45, 2.75) is 77.7 Å². The van der Waals surface area contributed by atoms with Crippen molar-refractivity contribution >= 4 is 0 Å². The summed E-state index contributed by atoms with van der Waals surface area (Å²) in [5, 5.41) is 3.83. The molecule has 2 aliphatic rings. The van der Waals surface area contributed by atoms with Gasteiger partial charge in [-0.3, -0.25) is 0 Å². The van der Waals surface area contributed by atoms with Gasteiger partial charge in [-0.05, 0) is 70.6 Å². The molecule has 0 spiro atoms. The third-order valence-electron chi connectivity index (χ3n) is 5.62. The Morgan fingerprint density at radius 2 is 1.75 bits per heavy atom.